The van der Waals surface area contributed by atoms with Gasteiger partial charge in [-0.15, -0.1) is 0 Å². The Labute approximate surface area is 154 Å². The number of sulfonamides is 1. The van der Waals surface area contributed by atoms with Crippen molar-refractivity contribution >= 4 is 15.9 Å². The van der Waals surface area contributed by atoms with E-state index in [-0.39, 0.29) is 23.5 Å². The van der Waals surface area contributed by atoms with Crippen molar-refractivity contribution in [3.05, 3.63) is 24.3 Å². The van der Waals surface area contributed by atoms with Gasteiger partial charge in [0.2, 0.25) is 15.9 Å². The van der Waals surface area contributed by atoms with E-state index in [1.54, 1.807) is 12.1 Å². The van der Waals surface area contributed by atoms with E-state index in [0.29, 0.717) is 25.5 Å². The second-order valence-corrected chi connectivity index (χ2v) is 8.03. The van der Waals surface area contributed by atoms with E-state index in [9.17, 15) is 13.2 Å². The Morgan fingerprint density at radius 3 is 2.50 bits per heavy atom. The van der Waals surface area contributed by atoms with Gasteiger partial charge in [-0.25, -0.2) is 13.1 Å². The van der Waals surface area contributed by atoms with Crippen molar-refractivity contribution in [2.24, 2.45) is 0 Å². The maximum Gasteiger partial charge on any atom is 0.241 e. The molecule has 0 saturated carbocycles. The quantitative estimate of drug-likeness (QED) is 0.630. The van der Waals surface area contributed by atoms with Crippen LogP contribution in [-0.2, 0) is 19.6 Å². The van der Waals surface area contributed by atoms with E-state index in [4.69, 9.17) is 9.47 Å². The molecule has 1 aliphatic rings. The highest BCUT2D eigenvalue weighted by Crippen LogP contribution is 2.16. The summed E-state index contributed by atoms with van der Waals surface area (Å²) in [5.41, 5.74) is 0. The van der Waals surface area contributed by atoms with Gasteiger partial charge in [0.1, 0.15) is 5.75 Å². The van der Waals surface area contributed by atoms with Crippen LogP contribution in [0.25, 0.3) is 0 Å². The molecule has 2 rings (SSSR count). The van der Waals surface area contributed by atoms with Crippen LogP contribution in [0.5, 0.6) is 5.75 Å². The summed E-state index contributed by atoms with van der Waals surface area (Å²) in [7, 11) is -3.74. The molecular formula is C17H27N3O5S. The van der Waals surface area contributed by atoms with Crippen LogP contribution in [0.2, 0.25) is 0 Å². The first-order valence-corrected chi connectivity index (χ1v) is 10.2. The van der Waals surface area contributed by atoms with Gasteiger partial charge in [0.15, 0.2) is 0 Å². The smallest absolute Gasteiger partial charge is 0.241 e. The maximum atomic E-state index is 12.2. The second kappa shape index (κ2) is 9.86. The molecule has 1 aromatic rings. The summed E-state index contributed by atoms with van der Waals surface area (Å²) in [6, 6.07) is 6.10. The fourth-order valence-electron chi connectivity index (χ4n) is 2.45. The summed E-state index contributed by atoms with van der Waals surface area (Å²) in [6.45, 7) is 7.78. The predicted molar refractivity (Wildman–Crippen MR) is 97.7 cm³/mol. The molecule has 0 radical (unpaired) electrons. The molecule has 1 aliphatic heterocycles. The summed E-state index contributed by atoms with van der Waals surface area (Å²) in [6.07, 6.45) is 0.0109. The third-order valence-electron chi connectivity index (χ3n) is 3.78. The molecule has 0 bridgehead atoms. The Kier molecular flexibility index (Phi) is 7.83. The Bertz CT molecular complexity index is 670. The zero-order chi connectivity index (χ0) is 19.0. The molecule has 0 atom stereocenters. The highest BCUT2D eigenvalue weighted by molar-refractivity contribution is 7.89. The number of morpholine rings is 1. The number of rotatable bonds is 9. The monoisotopic (exact) mass is 385 g/mol. The van der Waals surface area contributed by atoms with Crippen LogP contribution in [0.1, 0.15) is 13.8 Å². The van der Waals surface area contributed by atoms with Crippen LogP contribution in [0.15, 0.2) is 29.2 Å². The highest BCUT2D eigenvalue weighted by atomic mass is 32.2. The minimum absolute atomic E-state index is 0.0109. The minimum atomic E-state index is -3.74. The number of ether oxygens (including phenoxy) is 2. The normalized spacial score (nSPS) is 15.8. The molecule has 1 fully saturated rings. The first-order chi connectivity index (χ1) is 12.4. The molecular weight excluding hydrogens is 358 g/mol. The fourth-order valence-corrected chi connectivity index (χ4v) is 3.44. The van der Waals surface area contributed by atoms with E-state index >= 15 is 0 Å². The molecule has 26 heavy (non-hydrogen) atoms. The van der Waals surface area contributed by atoms with Gasteiger partial charge < -0.3 is 14.8 Å². The van der Waals surface area contributed by atoms with E-state index in [2.05, 4.69) is 14.9 Å². The molecule has 0 aliphatic carbocycles. The van der Waals surface area contributed by atoms with Crippen LogP contribution in [0.3, 0.4) is 0 Å². The number of nitrogens with one attached hydrogen (secondary N) is 2. The number of hydrogen-bond donors (Lipinski definition) is 2. The lowest BCUT2D eigenvalue weighted by Crippen LogP contribution is -2.43. The van der Waals surface area contributed by atoms with Gasteiger partial charge in [-0.05, 0) is 38.1 Å². The average molecular weight is 385 g/mol. The van der Waals surface area contributed by atoms with Crippen LogP contribution in [-0.4, -0.2) is 71.3 Å². The number of amides is 1. The zero-order valence-corrected chi connectivity index (χ0v) is 16.0. The van der Waals surface area contributed by atoms with Gasteiger partial charge in [-0.1, -0.05) is 0 Å². The van der Waals surface area contributed by atoms with Crippen LogP contribution in [0.4, 0.5) is 0 Å². The SMILES string of the molecule is CC(C)Oc1ccc(S(=O)(=O)NCC(=O)NCCN2CCOCC2)cc1. The van der Waals surface area contributed by atoms with E-state index in [1.165, 1.54) is 12.1 Å². The van der Waals surface area contributed by atoms with Crippen molar-refractivity contribution in [1.29, 1.82) is 0 Å². The third kappa shape index (κ3) is 6.91. The lowest BCUT2D eigenvalue weighted by atomic mass is 10.3. The number of nitrogens with zero attached hydrogens (tertiary/aromatic N) is 1. The lowest BCUT2D eigenvalue weighted by molar-refractivity contribution is -0.120. The van der Waals surface area contributed by atoms with E-state index in [0.717, 1.165) is 19.6 Å². The highest BCUT2D eigenvalue weighted by Gasteiger charge is 2.16. The maximum absolute atomic E-state index is 12.2. The van der Waals surface area contributed by atoms with Crippen molar-refractivity contribution in [1.82, 2.24) is 14.9 Å². The number of carbonyl (C=O) groups excluding carboxylic acids is 1. The van der Waals surface area contributed by atoms with Gasteiger partial charge in [0.25, 0.3) is 0 Å². The third-order valence-corrected chi connectivity index (χ3v) is 5.20. The Hall–Kier alpha value is -1.68. The Morgan fingerprint density at radius 2 is 1.88 bits per heavy atom. The molecule has 2 N–H and O–H groups in total. The summed E-state index contributed by atoms with van der Waals surface area (Å²) < 4.78 is 37.5. The van der Waals surface area contributed by atoms with Crippen molar-refractivity contribution < 1.29 is 22.7 Å². The summed E-state index contributed by atoms with van der Waals surface area (Å²) in [5, 5.41) is 2.72. The molecule has 0 spiro atoms. The van der Waals surface area contributed by atoms with Gasteiger partial charge >= 0.3 is 0 Å². The van der Waals surface area contributed by atoms with Crippen molar-refractivity contribution in [2.45, 2.75) is 24.8 Å². The summed E-state index contributed by atoms with van der Waals surface area (Å²) in [4.78, 5) is 14.1. The summed E-state index contributed by atoms with van der Waals surface area (Å²) in [5.74, 6) is 0.237. The molecule has 8 nitrogen and oxygen atoms in total. The van der Waals surface area contributed by atoms with Crippen LogP contribution < -0.4 is 14.8 Å². The average Bonchev–Trinajstić information content (AvgIpc) is 2.61. The van der Waals surface area contributed by atoms with Crippen molar-refractivity contribution in [3.63, 3.8) is 0 Å². The van der Waals surface area contributed by atoms with Gasteiger partial charge in [-0.3, -0.25) is 9.69 Å². The Morgan fingerprint density at radius 1 is 1.23 bits per heavy atom. The number of hydrogen-bond acceptors (Lipinski definition) is 6. The van der Waals surface area contributed by atoms with Gasteiger partial charge in [0.05, 0.1) is 30.8 Å². The number of carbonyl (C=O) groups is 1. The number of benzene rings is 1. The largest absolute Gasteiger partial charge is 0.491 e. The van der Waals surface area contributed by atoms with Gasteiger partial charge in [0, 0.05) is 26.2 Å². The predicted octanol–water partition coefficient (Wildman–Crippen LogP) is 0.201. The Balaban J connectivity index is 1.74. The van der Waals surface area contributed by atoms with E-state index in [1.807, 2.05) is 13.8 Å². The van der Waals surface area contributed by atoms with Crippen LogP contribution >= 0.6 is 0 Å². The molecule has 1 heterocycles. The standard InChI is InChI=1S/C17H27N3O5S/c1-14(2)25-15-3-5-16(6-4-15)26(22,23)19-13-17(21)18-7-8-20-9-11-24-12-10-20/h3-6,14,19H,7-13H2,1-2H3,(H,18,21). The first-order valence-electron chi connectivity index (χ1n) is 8.70. The second-order valence-electron chi connectivity index (χ2n) is 6.27. The molecule has 9 heteroatoms. The molecule has 1 aromatic carbocycles. The van der Waals surface area contributed by atoms with E-state index < -0.39 is 10.0 Å². The first kappa shape index (κ1) is 20.6. The van der Waals surface area contributed by atoms with Gasteiger partial charge in [-0.2, -0.15) is 0 Å². The molecule has 1 amide bonds. The van der Waals surface area contributed by atoms with Crippen molar-refractivity contribution in [3.8, 4) is 5.75 Å². The molecule has 0 unspecified atom stereocenters. The molecule has 1 saturated heterocycles. The molecule has 0 aromatic heterocycles. The topological polar surface area (TPSA) is 97.0 Å². The summed E-state index contributed by atoms with van der Waals surface area (Å²) >= 11 is 0. The van der Waals surface area contributed by atoms with Crippen molar-refractivity contribution in [2.75, 3.05) is 45.9 Å². The lowest BCUT2D eigenvalue weighted by Gasteiger charge is -2.26. The van der Waals surface area contributed by atoms with Crippen LogP contribution in [0, 0.1) is 0 Å². The fraction of sp³-hybridized carbons (Fsp3) is 0.588. The molecule has 146 valence electrons. The minimum Gasteiger partial charge on any atom is -0.491 e. The zero-order valence-electron chi connectivity index (χ0n) is 15.2.